The van der Waals surface area contributed by atoms with Crippen LogP contribution >= 0.6 is 23.1 Å². The van der Waals surface area contributed by atoms with E-state index in [0.717, 1.165) is 5.75 Å². The molecule has 1 rings (SSSR count). The van der Waals surface area contributed by atoms with Gasteiger partial charge in [-0.05, 0) is 31.7 Å². The van der Waals surface area contributed by atoms with Crippen molar-refractivity contribution in [2.75, 3.05) is 12.3 Å². The quantitative estimate of drug-likeness (QED) is 0.761. The lowest BCUT2D eigenvalue weighted by atomic mass is 10.2. The van der Waals surface area contributed by atoms with Crippen molar-refractivity contribution in [3.8, 4) is 0 Å². The zero-order valence-electron chi connectivity index (χ0n) is 11.9. The Balaban J connectivity index is 2.33. The van der Waals surface area contributed by atoms with Gasteiger partial charge in [-0.25, -0.2) is 0 Å². The van der Waals surface area contributed by atoms with E-state index in [4.69, 9.17) is 5.11 Å². The normalized spacial score (nSPS) is 10.8. The number of thiophene rings is 1. The maximum atomic E-state index is 12.1. The molecule has 0 aliphatic heterocycles. The van der Waals surface area contributed by atoms with Crippen LogP contribution in [0.15, 0.2) is 17.5 Å². The van der Waals surface area contributed by atoms with E-state index in [1.54, 1.807) is 28.0 Å². The largest absolute Gasteiger partial charge is 0.481 e. The van der Waals surface area contributed by atoms with Crippen LogP contribution in [0.5, 0.6) is 0 Å². The topological polar surface area (TPSA) is 57.6 Å². The van der Waals surface area contributed by atoms with Crippen molar-refractivity contribution in [3.05, 3.63) is 22.4 Å². The zero-order valence-corrected chi connectivity index (χ0v) is 13.5. The molecule has 112 valence electrons. The zero-order chi connectivity index (χ0) is 15.0. The molecule has 0 spiro atoms. The average Bonchev–Trinajstić information content (AvgIpc) is 2.86. The Labute approximate surface area is 128 Å². The molecule has 20 heavy (non-hydrogen) atoms. The number of hydrogen-bond acceptors (Lipinski definition) is 4. The number of amides is 1. The van der Waals surface area contributed by atoms with Crippen LogP contribution < -0.4 is 0 Å². The molecule has 1 aromatic rings. The maximum absolute atomic E-state index is 12.1. The van der Waals surface area contributed by atoms with E-state index in [-0.39, 0.29) is 18.4 Å². The highest BCUT2D eigenvalue weighted by Gasteiger charge is 2.16. The second-order valence-electron chi connectivity index (χ2n) is 4.75. The van der Waals surface area contributed by atoms with Crippen molar-refractivity contribution in [3.63, 3.8) is 0 Å². The summed E-state index contributed by atoms with van der Waals surface area (Å²) in [5.41, 5.74) is 0. The summed E-state index contributed by atoms with van der Waals surface area (Å²) in [4.78, 5) is 25.7. The molecule has 1 aromatic heterocycles. The van der Waals surface area contributed by atoms with Crippen LogP contribution in [0.2, 0.25) is 0 Å². The Morgan fingerprint density at radius 3 is 2.75 bits per heavy atom. The SMILES string of the molecule is CC(C)N(CCCC(=O)O)C(=O)CSCc1cccs1. The number of thioether (sulfide) groups is 1. The van der Waals surface area contributed by atoms with Crippen LogP contribution in [0, 0.1) is 0 Å². The molecule has 0 aromatic carbocycles. The standard InChI is InChI=1S/C14H21NO3S2/c1-11(2)15(7-3-6-14(17)18)13(16)10-19-9-12-5-4-8-20-12/h4-5,8,11H,3,6-7,9-10H2,1-2H3,(H,17,18). The van der Waals surface area contributed by atoms with E-state index in [0.29, 0.717) is 18.7 Å². The Kier molecular flexibility index (Phi) is 7.69. The van der Waals surface area contributed by atoms with Crippen LogP contribution in [-0.2, 0) is 15.3 Å². The first-order valence-corrected chi connectivity index (χ1v) is 8.65. The fourth-order valence-electron chi connectivity index (χ4n) is 1.79. The van der Waals surface area contributed by atoms with Gasteiger partial charge in [0, 0.05) is 29.6 Å². The van der Waals surface area contributed by atoms with Crippen LogP contribution in [0.1, 0.15) is 31.6 Å². The van der Waals surface area contributed by atoms with Gasteiger partial charge >= 0.3 is 5.97 Å². The molecule has 0 aliphatic rings. The van der Waals surface area contributed by atoms with Gasteiger partial charge < -0.3 is 10.0 Å². The van der Waals surface area contributed by atoms with Crippen LogP contribution in [0.3, 0.4) is 0 Å². The first-order valence-electron chi connectivity index (χ1n) is 6.62. The molecule has 0 atom stereocenters. The summed E-state index contributed by atoms with van der Waals surface area (Å²) in [7, 11) is 0. The third-order valence-corrected chi connectivity index (χ3v) is 4.81. The minimum atomic E-state index is -0.812. The fourth-order valence-corrected chi connectivity index (χ4v) is 3.54. The lowest BCUT2D eigenvalue weighted by molar-refractivity contribution is -0.138. The smallest absolute Gasteiger partial charge is 0.303 e. The van der Waals surface area contributed by atoms with Gasteiger partial charge in [0.1, 0.15) is 0 Å². The van der Waals surface area contributed by atoms with Gasteiger partial charge in [0.25, 0.3) is 0 Å². The van der Waals surface area contributed by atoms with Crippen molar-refractivity contribution in [2.45, 2.75) is 38.5 Å². The second kappa shape index (κ2) is 9.02. The van der Waals surface area contributed by atoms with E-state index in [1.807, 2.05) is 25.3 Å². The number of carbonyl (C=O) groups excluding carboxylic acids is 1. The van der Waals surface area contributed by atoms with Crippen molar-refractivity contribution in [1.29, 1.82) is 0 Å². The molecule has 1 heterocycles. The van der Waals surface area contributed by atoms with E-state index in [1.165, 1.54) is 4.88 Å². The number of carboxylic acids is 1. The Hall–Kier alpha value is -1.01. The molecule has 6 heteroatoms. The number of nitrogens with zero attached hydrogens (tertiary/aromatic N) is 1. The number of rotatable bonds is 9. The average molecular weight is 315 g/mol. The van der Waals surface area contributed by atoms with Gasteiger partial charge in [-0.1, -0.05) is 6.07 Å². The first-order chi connectivity index (χ1) is 9.50. The van der Waals surface area contributed by atoms with Crippen LogP contribution in [-0.4, -0.2) is 40.2 Å². The monoisotopic (exact) mass is 315 g/mol. The summed E-state index contributed by atoms with van der Waals surface area (Å²) in [6.07, 6.45) is 0.619. The van der Waals surface area contributed by atoms with Gasteiger partial charge in [0.05, 0.1) is 5.75 Å². The minimum Gasteiger partial charge on any atom is -0.481 e. The Morgan fingerprint density at radius 1 is 1.45 bits per heavy atom. The molecule has 0 fully saturated rings. The van der Waals surface area contributed by atoms with E-state index < -0.39 is 5.97 Å². The summed E-state index contributed by atoms with van der Waals surface area (Å²) >= 11 is 3.30. The van der Waals surface area contributed by atoms with Gasteiger partial charge in [-0.2, -0.15) is 0 Å². The van der Waals surface area contributed by atoms with E-state index >= 15 is 0 Å². The summed E-state index contributed by atoms with van der Waals surface area (Å²) < 4.78 is 0. The molecule has 4 nitrogen and oxygen atoms in total. The predicted molar refractivity (Wildman–Crippen MR) is 84.2 cm³/mol. The van der Waals surface area contributed by atoms with Crippen molar-refractivity contribution >= 4 is 35.0 Å². The van der Waals surface area contributed by atoms with Crippen molar-refractivity contribution in [2.24, 2.45) is 0 Å². The summed E-state index contributed by atoms with van der Waals surface area (Å²) in [6.45, 7) is 4.44. The third-order valence-electron chi connectivity index (χ3n) is 2.78. The first kappa shape index (κ1) is 17.0. The van der Waals surface area contributed by atoms with Gasteiger partial charge in [-0.3, -0.25) is 9.59 Å². The van der Waals surface area contributed by atoms with Crippen molar-refractivity contribution in [1.82, 2.24) is 4.90 Å². The Bertz CT molecular complexity index is 418. The fraction of sp³-hybridized carbons (Fsp3) is 0.571. The highest BCUT2D eigenvalue weighted by molar-refractivity contribution is 7.99. The number of aliphatic carboxylic acids is 1. The molecule has 0 unspecified atom stereocenters. The van der Waals surface area contributed by atoms with Gasteiger partial charge in [-0.15, -0.1) is 23.1 Å². The molecule has 0 radical (unpaired) electrons. The molecule has 0 saturated carbocycles. The van der Waals surface area contributed by atoms with Crippen LogP contribution in [0.25, 0.3) is 0 Å². The molecule has 1 N–H and O–H groups in total. The second-order valence-corrected chi connectivity index (χ2v) is 6.77. The molecule has 0 bridgehead atoms. The van der Waals surface area contributed by atoms with Crippen molar-refractivity contribution < 1.29 is 14.7 Å². The third kappa shape index (κ3) is 6.43. The lowest BCUT2D eigenvalue weighted by Crippen LogP contribution is -2.39. The molecule has 0 aliphatic carbocycles. The number of hydrogen-bond donors (Lipinski definition) is 1. The van der Waals surface area contributed by atoms with Crippen LogP contribution in [0.4, 0.5) is 0 Å². The van der Waals surface area contributed by atoms with Gasteiger partial charge in [0.2, 0.25) is 5.91 Å². The molecular weight excluding hydrogens is 294 g/mol. The molecular formula is C14H21NO3S2. The summed E-state index contributed by atoms with van der Waals surface area (Å²) in [6, 6.07) is 4.18. The molecule has 0 saturated heterocycles. The summed E-state index contributed by atoms with van der Waals surface area (Å²) in [5, 5.41) is 10.7. The predicted octanol–water partition coefficient (Wildman–Crippen LogP) is 3.08. The van der Waals surface area contributed by atoms with Gasteiger partial charge in [0.15, 0.2) is 0 Å². The lowest BCUT2D eigenvalue weighted by Gasteiger charge is -2.26. The highest BCUT2D eigenvalue weighted by atomic mass is 32.2. The Morgan fingerprint density at radius 2 is 2.20 bits per heavy atom. The highest BCUT2D eigenvalue weighted by Crippen LogP contribution is 2.18. The maximum Gasteiger partial charge on any atom is 0.303 e. The molecule has 1 amide bonds. The van der Waals surface area contributed by atoms with E-state index in [2.05, 4.69) is 6.07 Å². The summed E-state index contributed by atoms with van der Waals surface area (Å²) in [5.74, 6) is 0.577. The number of carboxylic acid groups (broad SMARTS) is 1. The number of carbonyl (C=O) groups is 2. The van der Waals surface area contributed by atoms with E-state index in [9.17, 15) is 9.59 Å². The minimum absolute atomic E-state index is 0.0898.